The SMILES string of the molecule is CCc1cc(NC(=O)OC(C)(C)C)cc2nc(C(=O)O)nn12. The number of aryl methyl sites for hydroxylation is 1. The molecule has 2 aromatic heterocycles. The Morgan fingerprint density at radius 3 is 2.59 bits per heavy atom. The topological polar surface area (TPSA) is 106 Å². The summed E-state index contributed by atoms with van der Waals surface area (Å²) >= 11 is 0. The molecule has 0 bridgehead atoms. The summed E-state index contributed by atoms with van der Waals surface area (Å²) in [6.07, 6.45) is 0.0137. The zero-order chi connectivity index (χ0) is 16.5. The molecule has 0 aliphatic carbocycles. The third kappa shape index (κ3) is 3.51. The molecule has 1 amide bonds. The van der Waals surface area contributed by atoms with Crippen molar-refractivity contribution in [1.82, 2.24) is 14.6 Å². The summed E-state index contributed by atoms with van der Waals surface area (Å²) < 4.78 is 6.63. The molecular formula is C14H18N4O4. The molecule has 0 radical (unpaired) electrons. The first kappa shape index (κ1) is 15.7. The van der Waals surface area contributed by atoms with Crippen molar-refractivity contribution in [2.24, 2.45) is 0 Å². The van der Waals surface area contributed by atoms with E-state index in [2.05, 4.69) is 15.4 Å². The summed E-state index contributed by atoms with van der Waals surface area (Å²) in [5, 5.41) is 15.5. The Kier molecular flexibility index (Phi) is 4.03. The summed E-state index contributed by atoms with van der Waals surface area (Å²) in [4.78, 5) is 26.7. The number of carboxylic acid groups (broad SMARTS) is 1. The number of fused-ring (bicyclic) bond motifs is 1. The number of nitrogens with zero attached hydrogens (tertiary/aromatic N) is 3. The zero-order valence-corrected chi connectivity index (χ0v) is 12.9. The van der Waals surface area contributed by atoms with Crippen molar-refractivity contribution in [2.45, 2.75) is 39.7 Å². The highest BCUT2D eigenvalue weighted by Crippen LogP contribution is 2.17. The van der Waals surface area contributed by atoms with Crippen LogP contribution in [0, 0.1) is 0 Å². The maximum absolute atomic E-state index is 11.8. The molecule has 2 N–H and O–H groups in total. The van der Waals surface area contributed by atoms with Gasteiger partial charge in [-0.25, -0.2) is 19.1 Å². The molecule has 0 aliphatic heterocycles. The van der Waals surface area contributed by atoms with Crippen molar-refractivity contribution >= 4 is 23.4 Å². The van der Waals surface area contributed by atoms with Gasteiger partial charge >= 0.3 is 12.1 Å². The van der Waals surface area contributed by atoms with Gasteiger partial charge in [0.2, 0.25) is 0 Å². The quantitative estimate of drug-likeness (QED) is 0.901. The molecule has 8 heteroatoms. The summed E-state index contributed by atoms with van der Waals surface area (Å²) in [7, 11) is 0. The first-order valence-electron chi connectivity index (χ1n) is 6.82. The van der Waals surface area contributed by atoms with E-state index >= 15 is 0 Å². The Morgan fingerprint density at radius 1 is 1.36 bits per heavy atom. The lowest BCUT2D eigenvalue weighted by Gasteiger charge is -2.19. The Balaban J connectivity index is 2.35. The molecule has 2 aromatic rings. The molecule has 0 fully saturated rings. The summed E-state index contributed by atoms with van der Waals surface area (Å²) in [5.74, 6) is -1.49. The van der Waals surface area contributed by atoms with Gasteiger partial charge in [-0.05, 0) is 33.3 Å². The van der Waals surface area contributed by atoms with E-state index in [4.69, 9.17) is 9.84 Å². The van der Waals surface area contributed by atoms with Gasteiger partial charge in [0.1, 0.15) is 5.60 Å². The second-order valence-corrected chi connectivity index (χ2v) is 5.73. The highest BCUT2D eigenvalue weighted by atomic mass is 16.6. The zero-order valence-electron chi connectivity index (χ0n) is 12.9. The number of ether oxygens (including phenoxy) is 1. The van der Waals surface area contributed by atoms with Crippen LogP contribution in [0.5, 0.6) is 0 Å². The molecule has 0 aliphatic rings. The van der Waals surface area contributed by atoms with E-state index < -0.39 is 17.7 Å². The van der Waals surface area contributed by atoms with Crippen LogP contribution in [-0.4, -0.2) is 37.4 Å². The van der Waals surface area contributed by atoms with Crippen molar-refractivity contribution in [1.29, 1.82) is 0 Å². The first-order valence-corrected chi connectivity index (χ1v) is 6.82. The van der Waals surface area contributed by atoms with Gasteiger partial charge in [0.25, 0.3) is 5.82 Å². The van der Waals surface area contributed by atoms with E-state index in [1.807, 2.05) is 6.92 Å². The van der Waals surface area contributed by atoms with Crippen molar-refractivity contribution in [2.75, 3.05) is 5.32 Å². The molecule has 22 heavy (non-hydrogen) atoms. The Morgan fingerprint density at radius 2 is 2.05 bits per heavy atom. The average Bonchev–Trinajstić information content (AvgIpc) is 2.79. The number of rotatable bonds is 3. The van der Waals surface area contributed by atoms with E-state index in [1.54, 1.807) is 32.9 Å². The van der Waals surface area contributed by atoms with Gasteiger partial charge in [0, 0.05) is 17.4 Å². The largest absolute Gasteiger partial charge is 0.475 e. The van der Waals surface area contributed by atoms with Crippen LogP contribution in [0.25, 0.3) is 5.65 Å². The monoisotopic (exact) mass is 306 g/mol. The minimum Gasteiger partial charge on any atom is -0.475 e. The summed E-state index contributed by atoms with van der Waals surface area (Å²) in [5.41, 5.74) is 0.946. The smallest absolute Gasteiger partial charge is 0.412 e. The fraction of sp³-hybridized carbons (Fsp3) is 0.429. The molecule has 0 atom stereocenters. The van der Waals surface area contributed by atoms with Crippen molar-refractivity contribution < 1.29 is 19.4 Å². The lowest BCUT2D eigenvalue weighted by molar-refractivity contribution is 0.0633. The predicted octanol–water partition coefficient (Wildman–Crippen LogP) is 2.34. The van der Waals surface area contributed by atoms with Crippen molar-refractivity contribution in [3.05, 3.63) is 23.7 Å². The number of aromatic nitrogens is 3. The minimum atomic E-state index is -1.20. The van der Waals surface area contributed by atoms with Gasteiger partial charge in [0.15, 0.2) is 5.65 Å². The van der Waals surface area contributed by atoms with Crippen LogP contribution in [0.4, 0.5) is 10.5 Å². The van der Waals surface area contributed by atoms with E-state index in [0.717, 1.165) is 5.69 Å². The molecule has 118 valence electrons. The number of hydrogen-bond acceptors (Lipinski definition) is 5. The summed E-state index contributed by atoms with van der Waals surface area (Å²) in [6, 6.07) is 3.25. The molecule has 0 aromatic carbocycles. The van der Waals surface area contributed by atoms with Gasteiger partial charge in [-0.15, -0.1) is 5.10 Å². The lowest BCUT2D eigenvalue weighted by atomic mass is 10.2. The van der Waals surface area contributed by atoms with Gasteiger partial charge in [-0.3, -0.25) is 5.32 Å². The molecule has 0 saturated heterocycles. The number of aromatic carboxylic acids is 1. The second kappa shape index (κ2) is 5.63. The van der Waals surface area contributed by atoms with Crippen molar-refractivity contribution in [3.63, 3.8) is 0 Å². The molecule has 0 saturated carbocycles. The van der Waals surface area contributed by atoms with Crippen LogP contribution in [0.15, 0.2) is 12.1 Å². The molecule has 2 rings (SSSR count). The third-order valence-corrected chi connectivity index (χ3v) is 2.71. The van der Waals surface area contributed by atoms with E-state index in [1.165, 1.54) is 4.52 Å². The van der Waals surface area contributed by atoms with E-state index in [0.29, 0.717) is 17.8 Å². The lowest BCUT2D eigenvalue weighted by Crippen LogP contribution is -2.27. The van der Waals surface area contributed by atoms with E-state index in [9.17, 15) is 9.59 Å². The molecule has 2 heterocycles. The fourth-order valence-electron chi connectivity index (χ4n) is 1.89. The number of carboxylic acids is 1. The molecular weight excluding hydrogens is 288 g/mol. The Bertz CT molecular complexity index is 730. The normalized spacial score (nSPS) is 11.5. The number of carbonyl (C=O) groups is 2. The maximum atomic E-state index is 11.8. The first-order chi connectivity index (χ1) is 10.2. The molecule has 0 spiro atoms. The maximum Gasteiger partial charge on any atom is 0.412 e. The van der Waals surface area contributed by atoms with Gasteiger partial charge in [-0.1, -0.05) is 6.92 Å². The minimum absolute atomic E-state index is 0.288. The summed E-state index contributed by atoms with van der Waals surface area (Å²) in [6.45, 7) is 7.20. The highest BCUT2D eigenvalue weighted by molar-refractivity contribution is 5.86. The highest BCUT2D eigenvalue weighted by Gasteiger charge is 2.18. The van der Waals surface area contributed by atoms with Crippen LogP contribution >= 0.6 is 0 Å². The van der Waals surface area contributed by atoms with Crippen LogP contribution in [0.3, 0.4) is 0 Å². The van der Waals surface area contributed by atoms with Crippen molar-refractivity contribution in [3.8, 4) is 0 Å². The second-order valence-electron chi connectivity index (χ2n) is 5.73. The van der Waals surface area contributed by atoms with E-state index in [-0.39, 0.29) is 5.82 Å². The van der Waals surface area contributed by atoms with Crippen LogP contribution in [-0.2, 0) is 11.2 Å². The number of anilines is 1. The van der Waals surface area contributed by atoms with Crippen LogP contribution in [0.2, 0.25) is 0 Å². The molecule has 0 unspecified atom stereocenters. The standard InChI is InChI=1S/C14H18N4O4/c1-5-9-6-8(15-13(21)22-14(2,3)4)7-10-16-11(12(19)20)17-18(9)10/h6-7H,5H2,1-4H3,(H,15,21)(H,19,20). The number of pyridine rings is 1. The number of nitrogens with one attached hydrogen (secondary N) is 1. The van der Waals surface area contributed by atoms with Crippen LogP contribution < -0.4 is 5.32 Å². The van der Waals surface area contributed by atoms with Gasteiger partial charge < -0.3 is 9.84 Å². The molecule has 8 nitrogen and oxygen atoms in total. The fourth-order valence-corrected chi connectivity index (χ4v) is 1.89. The average molecular weight is 306 g/mol. The number of hydrogen-bond donors (Lipinski definition) is 2. The third-order valence-electron chi connectivity index (χ3n) is 2.71. The van der Waals surface area contributed by atoms with Gasteiger partial charge in [-0.2, -0.15) is 0 Å². The Hall–Kier alpha value is -2.64. The number of carbonyl (C=O) groups excluding carboxylic acids is 1. The Labute approximate surface area is 127 Å². The predicted molar refractivity (Wildman–Crippen MR) is 79.2 cm³/mol. The number of amides is 1. The van der Waals surface area contributed by atoms with Crippen LogP contribution in [0.1, 0.15) is 44.0 Å². The van der Waals surface area contributed by atoms with Gasteiger partial charge in [0.05, 0.1) is 0 Å².